The second-order valence-corrected chi connectivity index (χ2v) is 5.91. The molecule has 0 unspecified atom stereocenters. The molecule has 1 N–H and O–H groups in total. The molecule has 1 heterocycles. The Morgan fingerprint density at radius 1 is 0.968 bits per heavy atom. The first kappa shape index (κ1) is 21.2. The zero-order valence-electron chi connectivity index (χ0n) is 16.4. The Kier molecular flexibility index (Phi) is 6.36. The maximum Gasteiger partial charge on any atom is 0.373 e. The molecule has 0 amide bonds. The average molecular weight is 424 g/mol. The Balaban J connectivity index is 1.95. The summed E-state index contributed by atoms with van der Waals surface area (Å²) in [6.07, 6.45) is 1.08. The minimum Gasteiger partial charge on any atom is -0.465 e. The van der Waals surface area contributed by atoms with Gasteiger partial charge in [0.2, 0.25) is 5.82 Å². The summed E-state index contributed by atoms with van der Waals surface area (Å²) >= 11 is 0. The number of hydrogen-bond acceptors (Lipinski definition) is 10. The minimum atomic E-state index is -0.707. The largest absolute Gasteiger partial charge is 0.465 e. The summed E-state index contributed by atoms with van der Waals surface area (Å²) < 4.78 is 14.9. The summed E-state index contributed by atoms with van der Waals surface area (Å²) in [5.41, 5.74) is 0.163. The van der Waals surface area contributed by atoms with E-state index in [4.69, 9.17) is 9.47 Å². The van der Waals surface area contributed by atoms with Crippen molar-refractivity contribution in [1.29, 1.82) is 0 Å². The molecule has 1 aromatic heterocycles. The molecule has 0 bridgehead atoms. The maximum absolute atomic E-state index is 12.0. The highest BCUT2D eigenvalue weighted by Gasteiger charge is 2.26. The third-order valence-corrected chi connectivity index (χ3v) is 4.05. The van der Waals surface area contributed by atoms with E-state index >= 15 is 0 Å². The van der Waals surface area contributed by atoms with Crippen molar-refractivity contribution < 1.29 is 28.7 Å². The van der Waals surface area contributed by atoms with Gasteiger partial charge in [0.15, 0.2) is 0 Å². The van der Waals surface area contributed by atoms with Gasteiger partial charge in [0.1, 0.15) is 12.1 Å². The molecule has 3 aromatic rings. The van der Waals surface area contributed by atoms with Crippen LogP contribution in [0.15, 0.2) is 54.9 Å². The fraction of sp³-hybridized carbons (Fsp3) is 0.100. The lowest BCUT2D eigenvalue weighted by molar-refractivity contribution is -0.385. The summed E-state index contributed by atoms with van der Waals surface area (Å²) in [6, 6.07) is 12.1. The number of nitrogens with zero attached hydrogens (tertiary/aromatic N) is 3. The Hall–Kier alpha value is -4.54. The van der Waals surface area contributed by atoms with Gasteiger partial charge in [-0.25, -0.2) is 14.6 Å². The molecule has 31 heavy (non-hydrogen) atoms. The fourth-order valence-corrected chi connectivity index (χ4v) is 2.59. The van der Waals surface area contributed by atoms with E-state index in [2.05, 4.69) is 20.0 Å². The lowest BCUT2D eigenvalue weighted by atomic mass is 10.2. The SMILES string of the molecule is COC(=O)c1ccc(Oc2ncnc(Nc3ccccc3C(=O)OC)c2[N+](=O)[O-])cc1. The predicted octanol–water partition coefficient (Wildman–Crippen LogP) is 3.49. The van der Waals surface area contributed by atoms with Gasteiger partial charge in [-0.2, -0.15) is 4.98 Å². The number of anilines is 2. The van der Waals surface area contributed by atoms with E-state index in [9.17, 15) is 19.7 Å². The highest BCUT2D eigenvalue weighted by atomic mass is 16.6. The van der Waals surface area contributed by atoms with Crippen molar-refractivity contribution in [3.05, 3.63) is 76.1 Å². The summed E-state index contributed by atoms with van der Waals surface area (Å²) in [4.78, 5) is 42.3. The van der Waals surface area contributed by atoms with Gasteiger partial charge >= 0.3 is 23.5 Å². The number of ether oxygens (including phenoxy) is 3. The molecule has 3 rings (SSSR count). The molecule has 0 aliphatic rings. The van der Waals surface area contributed by atoms with Crippen molar-refractivity contribution in [2.24, 2.45) is 0 Å². The molecule has 0 fully saturated rings. The van der Waals surface area contributed by atoms with Gasteiger partial charge in [-0.3, -0.25) is 10.1 Å². The summed E-state index contributed by atoms with van der Waals surface area (Å²) in [5.74, 6) is -1.46. The van der Waals surface area contributed by atoms with E-state index < -0.39 is 22.5 Å². The van der Waals surface area contributed by atoms with Crippen LogP contribution in [-0.2, 0) is 9.47 Å². The monoisotopic (exact) mass is 424 g/mol. The van der Waals surface area contributed by atoms with E-state index in [1.807, 2.05) is 0 Å². The van der Waals surface area contributed by atoms with Crippen LogP contribution in [0, 0.1) is 10.1 Å². The van der Waals surface area contributed by atoms with Gasteiger partial charge in [0.05, 0.1) is 36.0 Å². The van der Waals surface area contributed by atoms with Crippen LogP contribution in [0.1, 0.15) is 20.7 Å². The van der Waals surface area contributed by atoms with Crippen LogP contribution < -0.4 is 10.1 Å². The number of carbonyl (C=O) groups excluding carboxylic acids is 2. The van der Waals surface area contributed by atoms with Crippen molar-refractivity contribution >= 4 is 29.1 Å². The summed E-state index contributed by atoms with van der Waals surface area (Å²) in [6.45, 7) is 0. The molecule has 0 aliphatic heterocycles. The van der Waals surface area contributed by atoms with E-state index in [0.29, 0.717) is 0 Å². The molecule has 11 heteroatoms. The molecule has 0 atom stereocenters. The third-order valence-electron chi connectivity index (χ3n) is 4.05. The number of nitro groups is 1. The molecule has 0 radical (unpaired) electrons. The van der Waals surface area contributed by atoms with Crippen molar-refractivity contribution in [3.8, 4) is 11.6 Å². The van der Waals surface area contributed by atoms with Crippen molar-refractivity contribution in [2.75, 3.05) is 19.5 Å². The van der Waals surface area contributed by atoms with E-state index in [-0.39, 0.29) is 34.3 Å². The third kappa shape index (κ3) is 4.72. The van der Waals surface area contributed by atoms with Crippen LogP contribution in [0.4, 0.5) is 17.2 Å². The van der Waals surface area contributed by atoms with Gasteiger partial charge in [-0.1, -0.05) is 12.1 Å². The number of para-hydroxylation sites is 1. The average Bonchev–Trinajstić information content (AvgIpc) is 2.79. The number of aromatic nitrogens is 2. The first-order valence-corrected chi connectivity index (χ1v) is 8.74. The lowest BCUT2D eigenvalue weighted by Crippen LogP contribution is -2.08. The van der Waals surface area contributed by atoms with Crippen LogP contribution in [0.25, 0.3) is 0 Å². The number of rotatable bonds is 7. The molecule has 0 aliphatic carbocycles. The van der Waals surface area contributed by atoms with E-state index in [1.165, 1.54) is 44.6 Å². The molecule has 158 valence electrons. The van der Waals surface area contributed by atoms with Crippen molar-refractivity contribution in [1.82, 2.24) is 9.97 Å². The van der Waals surface area contributed by atoms with Gasteiger partial charge in [-0.05, 0) is 36.4 Å². The second kappa shape index (κ2) is 9.31. The highest BCUT2D eigenvalue weighted by molar-refractivity contribution is 5.96. The number of carbonyl (C=O) groups is 2. The smallest absolute Gasteiger partial charge is 0.373 e. The molecular formula is C20H16N4O7. The lowest BCUT2D eigenvalue weighted by Gasteiger charge is -2.11. The van der Waals surface area contributed by atoms with Crippen LogP contribution in [0.5, 0.6) is 11.6 Å². The number of methoxy groups -OCH3 is 2. The summed E-state index contributed by atoms with van der Waals surface area (Å²) in [5, 5.41) is 14.5. The van der Waals surface area contributed by atoms with Gasteiger partial charge in [0, 0.05) is 0 Å². The first-order valence-electron chi connectivity index (χ1n) is 8.74. The Bertz CT molecular complexity index is 1130. The predicted molar refractivity (Wildman–Crippen MR) is 108 cm³/mol. The van der Waals surface area contributed by atoms with Gasteiger partial charge in [-0.15, -0.1) is 0 Å². The Morgan fingerprint density at radius 2 is 1.65 bits per heavy atom. The molecular weight excluding hydrogens is 408 g/mol. The van der Waals surface area contributed by atoms with Gasteiger partial charge in [0.25, 0.3) is 0 Å². The van der Waals surface area contributed by atoms with Crippen molar-refractivity contribution in [3.63, 3.8) is 0 Å². The quantitative estimate of drug-likeness (QED) is 0.340. The zero-order valence-corrected chi connectivity index (χ0v) is 16.4. The normalized spacial score (nSPS) is 10.1. The number of nitrogens with one attached hydrogen (secondary N) is 1. The standard InChI is InChI=1S/C20H16N4O7/c1-29-19(25)12-7-9-13(10-8-12)31-18-16(24(27)28)17(21-11-22-18)23-15-6-4-3-5-14(15)20(26)30-2/h3-11H,1-2H3,(H,21,22,23). The number of benzene rings is 2. The van der Waals surface area contributed by atoms with Gasteiger partial charge < -0.3 is 19.5 Å². The second-order valence-electron chi connectivity index (χ2n) is 5.91. The summed E-state index contributed by atoms with van der Waals surface area (Å²) in [7, 11) is 2.48. The van der Waals surface area contributed by atoms with Crippen molar-refractivity contribution in [2.45, 2.75) is 0 Å². The minimum absolute atomic E-state index is 0.166. The van der Waals surface area contributed by atoms with Crippen LogP contribution >= 0.6 is 0 Å². The molecule has 0 saturated carbocycles. The number of esters is 2. The molecule has 0 saturated heterocycles. The highest BCUT2D eigenvalue weighted by Crippen LogP contribution is 2.36. The topological polar surface area (TPSA) is 143 Å². The van der Waals surface area contributed by atoms with E-state index in [1.54, 1.807) is 18.2 Å². The first-order chi connectivity index (χ1) is 14.9. The van der Waals surface area contributed by atoms with E-state index in [0.717, 1.165) is 6.33 Å². The van der Waals surface area contributed by atoms with Crippen LogP contribution in [0.3, 0.4) is 0 Å². The Labute approximate surface area is 175 Å². The fourth-order valence-electron chi connectivity index (χ4n) is 2.59. The molecule has 2 aromatic carbocycles. The molecule has 0 spiro atoms. The molecule has 11 nitrogen and oxygen atoms in total. The number of hydrogen-bond donors (Lipinski definition) is 1. The van der Waals surface area contributed by atoms with Crippen LogP contribution in [0.2, 0.25) is 0 Å². The van der Waals surface area contributed by atoms with Crippen LogP contribution in [-0.4, -0.2) is 41.0 Å². The zero-order chi connectivity index (χ0) is 22.4. The maximum atomic E-state index is 12.0. The Morgan fingerprint density at radius 3 is 2.29 bits per heavy atom.